The quantitative estimate of drug-likeness (QED) is 0.662. The van der Waals surface area contributed by atoms with Gasteiger partial charge in [-0.3, -0.25) is 0 Å². The second-order valence-electron chi connectivity index (χ2n) is 3.59. The Kier molecular flexibility index (Phi) is 3.67. The summed E-state index contributed by atoms with van der Waals surface area (Å²) < 4.78 is 35.8. The van der Waals surface area contributed by atoms with E-state index in [1.54, 1.807) is 0 Å². The number of halogens is 1. The molecule has 1 aromatic rings. The molecular weight excluding hydrogens is 247 g/mol. The molecule has 1 aromatic carbocycles. The Morgan fingerprint density at radius 2 is 2.00 bits per heavy atom. The van der Waals surface area contributed by atoms with Crippen LogP contribution in [-0.2, 0) is 14.6 Å². The zero-order valence-corrected chi connectivity index (χ0v) is 10.1. The summed E-state index contributed by atoms with van der Waals surface area (Å²) in [5, 5.41) is 8.69. The van der Waals surface area contributed by atoms with Gasteiger partial charge in [-0.05, 0) is 36.8 Å². The summed E-state index contributed by atoms with van der Waals surface area (Å²) in [5.74, 6) is -1.81. The average molecular weight is 258 g/mol. The van der Waals surface area contributed by atoms with Gasteiger partial charge in [-0.2, -0.15) is 0 Å². The van der Waals surface area contributed by atoms with Crippen LogP contribution in [0.25, 0.3) is 6.08 Å². The molecular formula is C11H11FO4S. The standard InChI is InChI=1S/C11H11FO4S/c1-7(11(13)14)5-8-6-9(12)3-4-10(8)17(2,15)16/h3-6H,1-2H3,(H,13,14)/b7-5+. The topological polar surface area (TPSA) is 71.4 Å². The summed E-state index contributed by atoms with van der Waals surface area (Å²) in [5.41, 5.74) is -0.0344. The van der Waals surface area contributed by atoms with Crippen molar-refractivity contribution >= 4 is 21.9 Å². The lowest BCUT2D eigenvalue weighted by Gasteiger charge is -2.04. The summed E-state index contributed by atoms with van der Waals surface area (Å²) in [6.45, 7) is 1.30. The third-order valence-corrected chi connectivity index (χ3v) is 3.25. The second kappa shape index (κ2) is 4.67. The highest BCUT2D eigenvalue weighted by Crippen LogP contribution is 2.20. The van der Waals surface area contributed by atoms with Crippen molar-refractivity contribution in [3.63, 3.8) is 0 Å². The summed E-state index contributed by atoms with van der Waals surface area (Å²) >= 11 is 0. The third-order valence-electron chi connectivity index (χ3n) is 2.08. The van der Waals surface area contributed by atoms with Gasteiger partial charge in [-0.1, -0.05) is 0 Å². The molecule has 0 saturated carbocycles. The number of benzene rings is 1. The Morgan fingerprint density at radius 1 is 1.41 bits per heavy atom. The lowest BCUT2D eigenvalue weighted by atomic mass is 10.1. The molecule has 0 radical (unpaired) electrons. The molecule has 0 saturated heterocycles. The number of aliphatic carboxylic acids is 1. The number of carbonyl (C=O) groups is 1. The van der Waals surface area contributed by atoms with Crippen molar-refractivity contribution in [2.24, 2.45) is 0 Å². The zero-order chi connectivity index (χ0) is 13.2. The first-order valence-electron chi connectivity index (χ1n) is 4.63. The molecule has 0 aliphatic heterocycles. The van der Waals surface area contributed by atoms with E-state index in [0.29, 0.717) is 0 Å². The van der Waals surface area contributed by atoms with Crippen LogP contribution in [-0.4, -0.2) is 25.7 Å². The molecule has 6 heteroatoms. The van der Waals surface area contributed by atoms with Crippen molar-refractivity contribution < 1.29 is 22.7 Å². The lowest BCUT2D eigenvalue weighted by molar-refractivity contribution is -0.132. The Bertz CT molecular complexity index is 587. The molecule has 92 valence electrons. The van der Waals surface area contributed by atoms with Crippen LogP contribution in [0.15, 0.2) is 28.7 Å². The molecule has 0 aromatic heterocycles. The van der Waals surface area contributed by atoms with Crippen molar-refractivity contribution in [1.82, 2.24) is 0 Å². The average Bonchev–Trinajstić information content (AvgIpc) is 2.15. The summed E-state index contributed by atoms with van der Waals surface area (Å²) in [4.78, 5) is 10.5. The summed E-state index contributed by atoms with van der Waals surface area (Å²) in [6, 6.07) is 3.12. The van der Waals surface area contributed by atoms with E-state index in [0.717, 1.165) is 30.5 Å². The minimum absolute atomic E-state index is 0.0346. The number of hydrogen-bond donors (Lipinski definition) is 1. The fourth-order valence-electron chi connectivity index (χ4n) is 1.26. The van der Waals surface area contributed by atoms with Gasteiger partial charge in [0.25, 0.3) is 0 Å². The van der Waals surface area contributed by atoms with E-state index in [2.05, 4.69) is 0 Å². The largest absolute Gasteiger partial charge is 0.478 e. The van der Waals surface area contributed by atoms with E-state index in [4.69, 9.17) is 5.11 Å². The van der Waals surface area contributed by atoms with Crippen LogP contribution in [0.3, 0.4) is 0 Å². The Hall–Kier alpha value is -1.69. The number of rotatable bonds is 3. The van der Waals surface area contributed by atoms with Gasteiger partial charge in [-0.25, -0.2) is 17.6 Å². The molecule has 0 bridgehead atoms. The van der Waals surface area contributed by atoms with E-state index >= 15 is 0 Å². The Labute approximate surface area is 98.3 Å². The molecule has 0 aliphatic carbocycles. The van der Waals surface area contributed by atoms with Crippen molar-refractivity contribution in [2.45, 2.75) is 11.8 Å². The molecule has 0 heterocycles. The number of hydrogen-bond acceptors (Lipinski definition) is 3. The van der Waals surface area contributed by atoms with Gasteiger partial charge >= 0.3 is 5.97 Å². The molecule has 0 atom stereocenters. The van der Waals surface area contributed by atoms with Crippen LogP contribution in [0.5, 0.6) is 0 Å². The molecule has 0 amide bonds. The fraction of sp³-hybridized carbons (Fsp3) is 0.182. The van der Waals surface area contributed by atoms with Gasteiger partial charge in [0, 0.05) is 11.8 Å². The first-order valence-corrected chi connectivity index (χ1v) is 6.52. The highest BCUT2D eigenvalue weighted by atomic mass is 32.2. The molecule has 0 unspecified atom stereocenters. The van der Waals surface area contributed by atoms with Gasteiger partial charge in [0.05, 0.1) is 4.90 Å². The normalized spacial score (nSPS) is 12.5. The minimum Gasteiger partial charge on any atom is -0.478 e. The van der Waals surface area contributed by atoms with E-state index < -0.39 is 21.6 Å². The monoisotopic (exact) mass is 258 g/mol. The maximum atomic E-state index is 13.0. The van der Waals surface area contributed by atoms with Gasteiger partial charge in [0.1, 0.15) is 5.82 Å². The molecule has 0 aliphatic rings. The van der Waals surface area contributed by atoms with Crippen LogP contribution in [0, 0.1) is 5.82 Å². The van der Waals surface area contributed by atoms with Gasteiger partial charge in [-0.15, -0.1) is 0 Å². The predicted octanol–water partition coefficient (Wildman–Crippen LogP) is 1.72. The van der Waals surface area contributed by atoms with Crippen molar-refractivity contribution in [3.8, 4) is 0 Å². The van der Waals surface area contributed by atoms with Gasteiger partial charge < -0.3 is 5.11 Å². The highest BCUT2D eigenvalue weighted by molar-refractivity contribution is 7.90. The summed E-state index contributed by atoms with van der Waals surface area (Å²) in [7, 11) is -3.53. The van der Waals surface area contributed by atoms with E-state index in [1.165, 1.54) is 6.92 Å². The van der Waals surface area contributed by atoms with Gasteiger partial charge in [0.2, 0.25) is 0 Å². The predicted molar refractivity (Wildman–Crippen MR) is 60.8 cm³/mol. The third kappa shape index (κ3) is 3.39. The van der Waals surface area contributed by atoms with E-state index in [9.17, 15) is 17.6 Å². The number of carboxylic acid groups (broad SMARTS) is 1. The fourth-order valence-corrected chi connectivity index (χ4v) is 2.13. The van der Waals surface area contributed by atoms with Crippen LogP contribution in [0.1, 0.15) is 12.5 Å². The Morgan fingerprint density at radius 3 is 2.47 bits per heavy atom. The molecule has 4 nitrogen and oxygen atoms in total. The van der Waals surface area contributed by atoms with Crippen LogP contribution in [0.2, 0.25) is 0 Å². The van der Waals surface area contributed by atoms with Crippen molar-refractivity contribution in [1.29, 1.82) is 0 Å². The molecule has 0 spiro atoms. The van der Waals surface area contributed by atoms with Gasteiger partial charge in [0.15, 0.2) is 9.84 Å². The van der Waals surface area contributed by atoms with Crippen molar-refractivity contribution in [3.05, 3.63) is 35.2 Å². The smallest absolute Gasteiger partial charge is 0.331 e. The maximum Gasteiger partial charge on any atom is 0.331 e. The van der Waals surface area contributed by atoms with Crippen LogP contribution in [0.4, 0.5) is 4.39 Å². The van der Waals surface area contributed by atoms with Crippen LogP contribution < -0.4 is 0 Å². The maximum absolute atomic E-state index is 13.0. The SMILES string of the molecule is C/C(=C\c1cc(F)ccc1S(C)(=O)=O)C(=O)O. The molecule has 1 rings (SSSR count). The first kappa shape index (κ1) is 13.4. The van der Waals surface area contributed by atoms with Crippen molar-refractivity contribution in [2.75, 3.05) is 6.26 Å². The minimum atomic E-state index is -3.53. The van der Waals surface area contributed by atoms with E-state index in [-0.39, 0.29) is 16.0 Å². The highest BCUT2D eigenvalue weighted by Gasteiger charge is 2.13. The summed E-state index contributed by atoms with van der Waals surface area (Å²) in [6.07, 6.45) is 2.11. The first-order chi connectivity index (χ1) is 7.71. The molecule has 0 fully saturated rings. The second-order valence-corrected chi connectivity index (χ2v) is 5.57. The number of sulfone groups is 1. The molecule has 1 N–H and O–H groups in total. The zero-order valence-electron chi connectivity index (χ0n) is 9.27. The van der Waals surface area contributed by atoms with E-state index in [1.807, 2.05) is 0 Å². The van der Waals surface area contributed by atoms with Crippen LogP contribution >= 0.6 is 0 Å². The number of carboxylic acids is 1. The Balaban J connectivity index is 3.47. The molecule has 17 heavy (non-hydrogen) atoms. The lowest BCUT2D eigenvalue weighted by Crippen LogP contribution is -2.02.